The summed E-state index contributed by atoms with van der Waals surface area (Å²) >= 11 is 0.965. The van der Waals surface area contributed by atoms with Crippen LogP contribution in [0.5, 0.6) is 0 Å². The lowest BCUT2D eigenvalue weighted by Crippen LogP contribution is -2.62. The number of carbonyl (C=O) groups is 2. The molecule has 0 aromatic heterocycles. The van der Waals surface area contributed by atoms with Crippen molar-refractivity contribution in [2.75, 3.05) is 0 Å². The number of imide groups is 1. The van der Waals surface area contributed by atoms with Crippen LogP contribution in [0.1, 0.15) is 45.4 Å². The van der Waals surface area contributed by atoms with Crippen molar-refractivity contribution >= 4 is 23.7 Å². The molecule has 27 heavy (non-hydrogen) atoms. The van der Waals surface area contributed by atoms with E-state index in [0.29, 0.717) is 17.8 Å². The SMILES string of the molecule is CC(Sc1ccc(F)cc1F)C(=O)NC(=O)NC12CC3CC(CC(C3)C1)C2. The number of nitrogens with one attached hydrogen (secondary N) is 2. The monoisotopic (exact) mass is 394 g/mol. The predicted molar refractivity (Wildman–Crippen MR) is 99.3 cm³/mol. The molecule has 2 N–H and O–H groups in total. The minimum Gasteiger partial charge on any atom is -0.332 e. The van der Waals surface area contributed by atoms with Crippen molar-refractivity contribution in [1.82, 2.24) is 10.6 Å². The fourth-order valence-corrected chi connectivity index (χ4v) is 6.43. The Bertz CT molecular complexity index is 735. The second-order valence-electron chi connectivity index (χ2n) is 8.48. The Labute approximate surface area is 161 Å². The highest BCUT2D eigenvalue weighted by atomic mass is 32.2. The molecule has 0 saturated heterocycles. The van der Waals surface area contributed by atoms with Gasteiger partial charge in [-0.15, -0.1) is 11.8 Å². The Morgan fingerprint density at radius 3 is 2.26 bits per heavy atom. The summed E-state index contributed by atoms with van der Waals surface area (Å²) < 4.78 is 26.7. The molecule has 4 aliphatic carbocycles. The van der Waals surface area contributed by atoms with Crippen LogP contribution in [0.4, 0.5) is 13.6 Å². The number of benzene rings is 1. The minimum atomic E-state index is -0.710. The summed E-state index contributed by atoms with van der Waals surface area (Å²) in [7, 11) is 0. The van der Waals surface area contributed by atoms with E-state index in [1.165, 1.54) is 25.3 Å². The van der Waals surface area contributed by atoms with Crippen molar-refractivity contribution in [3.8, 4) is 0 Å². The molecular weight excluding hydrogens is 370 g/mol. The van der Waals surface area contributed by atoms with Crippen LogP contribution in [0, 0.1) is 29.4 Å². The molecule has 5 rings (SSSR count). The predicted octanol–water partition coefficient (Wildman–Crippen LogP) is 4.24. The molecule has 4 aliphatic rings. The molecule has 4 fully saturated rings. The maximum absolute atomic E-state index is 13.8. The van der Waals surface area contributed by atoms with Crippen LogP contribution >= 0.6 is 11.8 Å². The first kappa shape index (κ1) is 18.7. The normalized spacial score (nSPS) is 32.2. The maximum Gasteiger partial charge on any atom is 0.321 e. The van der Waals surface area contributed by atoms with Gasteiger partial charge in [0.1, 0.15) is 11.6 Å². The van der Waals surface area contributed by atoms with Crippen molar-refractivity contribution in [2.45, 2.75) is 61.1 Å². The Balaban J connectivity index is 1.33. The molecule has 0 spiro atoms. The second kappa shape index (κ2) is 7.08. The molecule has 4 bridgehead atoms. The van der Waals surface area contributed by atoms with E-state index in [1.54, 1.807) is 6.92 Å². The summed E-state index contributed by atoms with van der Waals surface area (Å²) in [6.07, 6.45) is 6.85. The van der Waals surface area contributed by atoms with Crippen molar-refractivity contribution in [2.24, 2.45) is 17.8 Å². The van der Waals surface area contributed by atoms with Crippen LogP contribution < -0.4 is 10.6 Å². The zero-order chi connectivity index (χ0) is 19.2. The molecule has 4 saturated carbocycles. The smallest absolute Gasteiger partial charge is 0.321 e. The van der Waals surface area contributed by atoms with E-state index < -0.39 is 28.8 Å². The van der Waals surface area contributed by atoms with Gasteiger partial charge in [-0.3, -0.25) is 10.1 Å². The quantitative estimate of drug-likeness (QED) is 0.751. The fourth-order valence-electron chi connectivity index (χ4n) is 5.56. The van der Waals surface area contributed by atoms with Crippen molar-refractivity contribution in [1.29, 1.82) is 0 Å². The van der Waals surface area contributed by atoms with Gasteiger partial charge in [0, 0.05) is 16.5 Å². The summed E-state index contributed by atoms with van der Waals surface area (Å²) in [5.41, 5.74) is -0.168. The van der Waals surface area contributed by atoms with Crippen molar-refractivity contribution < 1.29 is 18.4 Å². The molecule has 1 aromatic carbocycles. The van der Waals surface area contributed by atoms with Gasteiger partial charge in [-0.1, -0.05) is 0 Å². The standard InChI is InChI=1S/C20H24F2N2O2S/c1-11(27-17-3-2-15(21)7-16(17)22)18(25)23-19(26)24-20-8-12-4-13(9-20)6-14(5-12)10-20/h2-3,7,11-14H,4-6,8-10H2,1H3,(H2,23,24,25,26). The van der Waals surface area contributed by atoms with E-state index in [1.807, 2.05) is 0 Å². The molecule has 1 aromatic rings. The summed E-state index contributed by atoms with van der Waals surface area (Å²) in [6.45, 7) is 1.60. The number of hydrogen-bond acceptors (Lipinski definition) is 3. The van der Waals surface area contributed by atoms with E-state index >= 15 is 0 Å². The number of hydrogen-bond donors (Lipinski definition) is 2. The third-order valence-electron chi connectivity index (χ3n) is 6.22. The number of thioether (sulfide) groups is 1. The topological polar surface area (TPSA) is 58.2 Å². The summed E-state index contributed by atoms with van der Waals surface area (Å²) in [5, 5.41) is 4.81. The number of halogens is 2. The van der Waals surface area contributed by atoms with Crippen LogP contribution in [0.15, 0.2) is 23.1 Å². The van der Waals surface area contributed by atoms with Crippen molar-refractivity contribution in [3.05, 3.63) is 29.8 Å². The molecule has 4 nitrogen and oxygen atoms in total. The first-order chi connectivity index (χ1) is 12.8. The zero-order valence-electron chi connectivity index (χ0n) is 15.3. The van der Waals surface area contributed by atoms with Gasteiger partial charge in [0.2, 0.25) is 5.91 Å². The molecular formula is C20H24F2N2O2S. The average molecular weight is 394 g/mol. The third kappa shape index (κ3) is 3.98. The first-order valence-electron chi connectivity index (χ1n) is 9.56. The Kier molecular flexibility index (Phi) is 4.91. The summed E-state index contributed by atoms with van der Waals surface area (Å²) in [6, 6.07) is 2.77. The number of rotatable bonds is 4. The Morgan fingerprint density at radius 1 is 1.11 bits per heavy atom. The Hall–Kier alpha value is -1.63. The highest BCUT2D eigenvalue weighted by molar-refractivity contribution is 8.00. The largest absolute Gasteiger partial charge is 0.332 e. The fraction of sp³-hybridized carbons (Fsp3) is 0.600. The molecule has 1 unspecified atom stereocenters. The minimum absolute atomic E-state index is 0.168. The maximum atomic E-state index is 13.8. The number of urea groups is 1. The van der Waals surface area contributed by atoms with Gasteiger partial charge in [0.25, 0.3) is 0 Å². The molecule has 7 heteroatoms. The number of amides is 3. The van der Waals surface area contributed by atoms with E-state index in [9.17, 15) is 18.4 Å². The third-order valence-corrected chi connectivity index (χ3v) is 7.37. The van der Waals surface area contributed by atoms with Gasteiger partial charge in [0.05, 0.1) is 5.25 Å². The van der Waals surface area contributed by atoms with E-state index in [-0.39, 0.29) is 10.4 Å². The molecule has 3 amide bonds. The summed E-state index contributed by atoms with van der Waals surface area (Å²) in [4.78, 5) is 24.9. The van der Waals surface area contributed by atoms with Crippen LogP contribution in [0.2, 0.25) is 0 Å². The molecule has 0 heterocycles. The van der Waals surface area contributed by atoms with Gasteiger partial charge in [-0.05, 0) is 75.3 Å². The van der Waals surface area contributed by atoms with Gasteiger partial charge in [0.15, 0.2) is 0 Å². The number of carbonyl (C=O) groups excluding carboxylic acids is 2. The lowest BCUT2D eigenvalue weighted by molar-refractivity contribution is -0.119. The highest BCUT2D eigenvalue weighted by Gasteiger charge is 2.51. The molecule has 146 valence electrons. The van der Waals surface area contributed by atoms with Gasteiger partial charge >= 0.3 is 6.03 Å². The average Bonchev–Trinajstić information content (AvgIpc) is 2.55. The molecule has 0 radical (unpaired) electrons. The lowest BCUT2D eigenvalue weighted by Gasteiger charge is -2.56. The van der Waals surface area contributed by atoms with Crippen molar-refractivity contribution in [3.63, 3.8) is 0 Å². The summed E-state index contributed by atoms with van der Waals surface area (Å²) in [5.74, 6) is 0.238. The highest BCUT2D eigenvalue weighted by Crippen LogP contribution is 2.55. The zero-order valence-corrected chi connectivity index (χ0v) is 16.1. The molecule has 1 atom stereocenters. The van der Waals surface area contributed by atoms with Gasteiger partial charge in [-0.2, -0.15) is 0 Å². The van der Waals surface area contributed by atoms with Gasteiger partial charge in [-0.25, -0.2) is 13.6 Å². The lowest BCUT2D eigenvalue weighted by atomic mass is 9.53. The van der Waals surface area contributed by atoms with Crippen LogP contribution in [-0.4, -0.2) is 22.7 Å². The van der Waals surface area contributed by atoms with E-state index in [4.69, 9.17) is 0 Å². The second-order valence-corrected chi connectivity index (χ2v) is 9.86. The van der Waals surface area contributed by atoms with Crippen LogP contribution in [0.3, 0.4) is 0 Å². The van der Waals surface area contributed by atoms with E-state index in [0.717, 1.165) is 43.2 Å². The Morgan fingerprint density at radius 2 is 1.70 bits per heavy atom. The first-order valence-corrected chi connectivity index (χ1v) is 10.4. The van der Waals surface area contributed by atoms with Gasteiger partial charge < -0.3 is 5.32 Å². The van der Waals surface area contributed by atoms with Crippen LogP contribution in [-0.2, 0) is 4.79 Å². The van der Waals surface area contributed by atoms with Crippen LogP contribution in [0.25, 0.3) is 0 Å². The van der Waals surface area contributed by atoms with E-state index in [2.05, 4.69) is 10.6 Å². The molecule has 0 aliphatic heterocycles.